The summed E-state index contributed by atoms with van der Waals surface area (Å²) in [5, 5.41) is 11.8. The van der Waals surface area contributed by atoms with Gasteiger partial charge in [-0.1, -0.05) is 18.2 Å². The molecule has 0 saturated heterocycles. The molecule has 2 aromatic carbocycles. The number of hydrogen-bond donors (Lipinski definition) is 1. The highest BCUT2D eigenvalue weighted by atomic mass is 16.6. The van der Waals surface area contributed by atoms with Gasteiger partial charge in [-0.15, -0.1) is 0 Å². The summed E-state index contributed by atoms with van der Waals surface area (Å²) in [6.07, 6.45) is 3.74. The van der Waals surface area contributed by atoms with Gasteiger partial charge in [0, 0.05) is 28.7 Å². The molecule has 5 heteroatoms. The first kappa shape index (κ1) is 13.9. The van der Waals surface area contributed by atoms with Crippen LogP contribution >= 0.6 is 0 Å². The lowest BCUT2D eigenvalue weighted by atomic mass is 10.2. The first-order chi connectivity index (χ1) is 10.7. The Kier molecular flexibility index (Phi) is 3.62. The lowest BCUT2D eigenvalue weighted by Gasteiger charge is -1.97. The van der Waals surface area contributed by atoms with Crippen molar-refractivity contribution in [3.8, 4) is 5.75 Å². The van der Waals surface area contributed by atoms with Crippen LogP contribution in [0.3, 0.4) is 0 Å². The van der Waals surface area contributed by atoms with Gasteiger partial charge in [0.05, 0.1) is 12.0 Å². The predicted octanol–water partition coefficient (Wildman–Crippen LogP) is 4.26. The average Bonchev–Trinajstić information content (AvgIpc) is 2.95. The predicted molar refractivity (Wildman–Crippen MR) is 86.9 cm³/mol. The van der Waals surface area contributed by atoms with Crippen molar-refractivity contribution in [3.63, 3.8) is 0 Å². The Morgan fingerprint density at radius 1 is 1.14 bits per heavy atom. The molecule has 0 spiro atoms. The zero-order valence-electron chi connectivity index (χ0n) is 11.9. The first-order valence-electron chi connectivity index (χ1n) is 6.75. The van der Waals surface area contributed by atoms with E-state index in [0.29, 0.717) is 0 Å². The van der Waals surface area contributed by atoms with Crippen LogP contribution in [0.2, 0.25) is 0 Å². The van der Waals surface area contributed by atoms with Crippen LogP contribution in [0.25, 0.3) is 23.1 Å². The summed E-state index contributed by atoms with van der Waals surface area (Å²) in [5.41, 5.74) is 2.81. The van der Waals surface area contributed by atoms with Gasteiger partial charge in [0.25, 0.3) is 5.69 Å². The Labute approximate surface area is 127 Å². The Morgan fingerprint density at radius 2 is 2.00 bits per heavy atom. The van der Waals surface area contributed by atoms with Crippen LogP contribution in [0.1, 0.15) is 11.3 Å². The van der Waals surface area contributed by atoms with Gasteiger partial charge >= 0.3 is 0 Å². The number of non-ortho nitro benzene ring substituents is 1. The number of hydrogen-bond acceptors (Lipinski definition) is 3. The van der Waals surface area contributed by atoms with Gasteiger partial charge in [-0.2, -0.15) is 0 Å². The van der Waals surface area contributed by atoms with Crippen LogP contribution < -0.4 is 4.74 Å². The maximum Gasteiger partial charge on any atom is 0.270 e. The van der Waals surface area contributed by atoms with E-state index in [1.807, 2.05) is 42.5 Å². The molecule has 0 saturated carbocycles. The number of H-pyrrole nitrogens is 1. The molecule has 0 aliphatic carbocycles. The number of nitro benzene ring substituents is 1. The van der Waals surface area contributed by atoms with E-state index in [2.05, 4.69) is 4.98 Å². The van der Waals surface area contributed by atoms with Crippen LogP contribution in [0, 0.1) is 10.1 Å². The number of nitro groups is 1. The topological polar surface area (TPSA) is 68.2 Å². The summed E-state index contributed by atoms with van der Waals surface area (Å²) in [4.78, 5) is 13.7. The molecule has 0 aliphatic rings. The van der Waals surface area contributed by atoms with E-state index >= 15 is 0 Å². The molecule has 1 N–H and O–H groups in total. The lowest BCUT2D eigenvalue weighted by molar-refractivity contribution is -0.384. The number of benzene rings is 2. The molecule has 5 nitrogen and oxygen atoms in total. The molecule has 0 radical (unpaired) electrons. The van der Waals surface area contributed by atoms with Gasteiger partial charge in [0.1, 0.15) is 5.75 Å². The molecule has 0 amide bonds. The molecule has 0 aliphatic heterocycles. The molecule has 0 atom stereocenters. The largest absolute Gasteiger partial charge is 0.497 e. The quantitative estimate of drug-likeness (QED) is 0.577. The SMILES string of the molecule is COc1ccc2[nH]c(C=Cc3cccc([N+](=O)[O-])c3)cc2c1. The Bertz CT molecular complexity index is 865. The summed E-state index contributed by atoms with van der Waals surface area (Å²) in [6, 6.07) is 14.3. The number of ether oxygens (including phenoxy) is 1. The number of rotatable bonds is 4. The summed E-state index contributed by atoms with van der Waals surface area (Å²) < 4.78 is 5.20. The van der Waals surface area contributed by atoms with E-state index in [9.17, 15) is 10.1 Å². The third-order valence-corrected chi connectivity index (χ3v) is 3.39. The van der Waals surface area contributed by atoms with Crippen molar-refractivity contribution < 1.29 is 9.66 Å². The Hall–Kier alpha value is -3.08. The fourth-order valence-corrected chi connectivity index (χ4v) is 2.28. The Morgan fingerprint density at radius 3 is 2.77 bits per heavy atom. The third kappa shape index (κ3) is 2.83. The second-order valence-corrected chi connectivity index (χ2v) is 4.86. The van der Waals surface area contributed by atoms with Crippen LogP contribution in [0.15, 0.2) is 48.5 Å². The fourth-order valence-electron chi connectivity index (χ4n) is 2.28. The monoisotopic (exact) mass is 294 g/mol. The van der Waals surface area contributed by atoms with Crippen molar-refractivity contribution in [2.24, 2.45) is 0 Å². The van der Waals surface area contributed by atoms with Gasteiger partial charge in [-0.05, 0) is 35.9 Å². The number of aromatic nitrogens is 1. The highest BCUT2D eigenvalue weighted by molar-refractivity contribution is 5.85. The zero-order valence-corrected chi connectivity index (χ0v) is 11.9. The van der Waals surface area contributed by atoms with E-state index in [1.165, 1.54) is 6.07 Å². The zero-order chi connectivity index (χ0) is 15.5. The number of nitrogens with zero attached hydrogens (tertiary/aromatic N) is 1. The normalized spacial score (nSPS) is 11.1. The maximum atomic E-state index is 10.8. The number of aromatic amines is 1. The van der Waals surface area contributed by atoms with Crippen molar-refractivity contribution in [1.29, 1.82) is 0 Å². The van der Waals surface area contributed by atoms with Crippen LogP contribution in [-0.2, 0) is 0 Å². The van der Waals surface area contributed by atoms with Crippen molar-refractivity contribution >= 4 is 28.7 Å². The minimum atomic E-state index is -0.396. The molecule has 3 rings (SSSR count). The second-order valence-electron chi connectivity index (χ2n) is 4.86. The summed E-state index contributed by atoms with van der Waals surface area (Å²) in [5.74, 6) is 0.806. The van der Waals surface area contributed by atoms with Crippen LogP contribution in [0.5, 0.6) is 5.75 Å². The van der Waals surface area contributed by atoms with Crippen LogP contribution in [-0.4, -0.2) is 17.0 Å². The fraction of sp³-hybridized carbons (Fsp3) is 0.0588. The van der Waals surface area contributed by atoms with E-state index in [4.69, 9.17) is 4.74 Å². The van der Waals surface area contributed by atoms with Crippen LogP contribution in [0.4, 0.5) is 5.69 Å². The highest BCUT2D eigenvalue weighted by Gasteiger charge is 2.04. The minimum absolute atomic E-state index is 0.0866. The second kappa shape index (κ2) is 5.73. The van der Waals surface area contributed by atoms with Gasteiger partial charge in [-0.3, -0.25) is 10.1 Å². The van der Waals surface area contributed by atoms with E-state index < -0.39 is 4.92 Å². The van der Waals surface area contributed by atoms with Gasteiger partial charge in [0.2, 0.25) is 0 Å². The standard InChI is InChI=1S/C17H14N2O3/c1-22-16-7-8-17-13(11-16)10-14(18-17)6-5-12-3-2-4-15(9-12)19(20)21/h2-11,18H,1H3. The Balaban J connectivity index is 1.89. The number of nitrogens with one attached hydrogen (secondary N) is 1. The molecule has 22 heavy (non-hydrogen) atoms. The van der Waals surface area contributed by atoms with E-state index in [-0.39, 0.29) is 5.69 Å². The van der Waals surface area contributed by atoms with E-state index in [0.717, 1.165) is 27.9 Å². The third-order valence-electron chi connectivity index (χ3n) is 3.39. The molecule has 0 fully saturated rings. The lowest BCUT2D eigenvalue weighted by Crippen LogP contribution is -1.87. The van der Waals surface area contributed by atoms with Crippen molar-refractivity contribution in [1.82, 2.24) is 4.98 Å². The molecular weight excluding hydrogens is 280 g/mol. The first-order valence-corrected chi connectivity index (χ1v) is 6.75. The highest BCUT2D eigenvalue weighted by Crippen LogP contribution is 2.22. The molecule has 0 unspecified atom stereocenters. The summed E-state index contributed by atoms with van der Waals surface area (Å²) in [6.45, 7) is 0. The van der Waals surface area contributed by atoms with Gasteiger partial charge in [0.15, 0.2) is 0 Å². The van der Waals surface area contributed by atoms with Gasteiger partial charge < -0.3 is 9.72 Å². The van der Waals surface area contributed by atoms with Gasteiger partial charge in [-0.25, -0.2) is 0 Å². The van der Waals surface area contributed by atoms with Crippen molar-refractivity contribution in [3.05, 3.63) is 69.9 Å². The number of methoxy groups -OCH3 is 1. The van der Waals surface area contributed by atoms with Crippen molar-refractivity contribution in [2.45, 2.75) is 0 Å². The smallest absolute Gasteiger partial charge is 0.270 e. The summed E-state index contributed by atoms with van der Waals surface area (Å²) >= 11 is 0. The molecular formula is C17H14N2O3. The molecule has 1 heterocycles. The minimum Gasteiger partial charge on any atom is -0.497 e. The maximum absolute atomic E-state index is 10.8. The molecule has 110 valence electrons. The molecule has 0 bridgehead atoms. The number of fused-ring (bicyclic) bond motifs is 1. The average molecular weight is 294 g/mol. The van der Waals surface area contributed by atoms with E-state index in [1.54, 1.807) is 19.2 Å². The molecule has 3 aromatic rings. The molecule has 1 aromatic heterocycles. The summed E-state index contributed by atoms with van der Waals surface area (Å²) in [7, 11) is 1.64. The van der Waals surface area contributed by atoms with Crippen molar-refractivity contribution in [2.75, 3.05) is 7.11 Å².